The summed E-state index contributed by atoms with van der Waals surface area (Å²) in [6, 6.07) is 36.4. The second-order valence-corrected chi connectivity index (χ2v) is 7.10. The summed E-state index contributed by atoms with van der Waals surface area (Å²) in [6.45, 7) is 0. The van der Waals surface area contributed by atoms with Gasteiger partial charge in [-0.05, 0) is 33.9 Å². The zero-order valence-electron chi connectivity index (χ0n) is 14.2. The summed E-state index contributed by atoms with van der Waals surface area (Å²) in [6.07, 6.45) is 0. The van der Waals surface area contributed by atoms with E-state index in [2.05, 4.69) is 97.1 Å². The molecule has 0 bridgehead atoms. The highest BCUT2D eigenvalue weighted by atomic mass is 35.5. The second-order valence-electron chi connectivity index (χ2n) is 6.69. The Kier molecular flexibility index (Phi) is 3.48. The molecule has 1 heteroatoms. The molecule has 0 radical (unpaired) electrons. The smallest absolute Gasteiger partial charge is 0.0714 e. The standard InChI is InChI=1S/C25H17Cl/c26-23-17-9-16-22-24(23)20-14-7-8-15-21(20)25(22,18-10-3-1-4-11-18)19-12-5-2-6-13-19/h1-17H. The molecule has 0 aliphatic heterocycles. The van der Waals surface area contributed by atoms with E-state index in [-0.39, 0.29) is 5.41 Å². The molecule has 4 aromatic carbocycles. The van der Waals surface area contributed by atoms with E-state index < -0.39 is 0 Å². The maximum atomic E-state index is 6.70. The van der Waals surface area contributed by atoms with E-state index in [1.807, 2.05) is 6.07 Å². The van der Waals surface area contributed by atoms with Crippen LogP contribution in [0, 0.1) is 0 Å². The topological polar surface area (TPSA) is 0 Å². The molecule has 0 atom stereocenters. The van der Waals surface area contributed by atoms with Crippen LogP contribution >= 0.6 is 11.6 Å². The van der Waals surface area contributed by atoms with Gasteiger partial charge in [0.05, 0.1) is 5.41 Å². The number of hydrogen-bond donors (Lipinski definition) is 0. The predicted octanol–water partition coefficient (Wildman–Crippen LogP) is 6.70. The molecule has 4 aromatic rings. The van der Waals surface area contributed by atoms with Gasteiger partial charge < -0.3 is 0 Å². The zero-order chi connectivity index (χ0) is 17.6. The SMILES string of the molecule is Clc1cccc2c1-c1ccccc1C2(c1ccccc1)c1ccccc1. The average Bonchev–Trinajstić information content (AvgIpc) is 3.02. The third-order valence-corrected chi connectivity index (χ3v) is 5.75. The first-order valence-electron chi connectivity index (χ1n) is 8.83. The fourth-order valence-electron chi connectivity index (χ4n) is 4.45. The van der Waals surface area contributed by atoms with Crippen molar-refractivity contribution in [2.45, 2.75) is 5.41 Å². The Morgan fingerprint density at radius 1 is 0.500 bits per heavy atom. The van der Waals surface area contributed by atoms with Crippen LogP contribution in [0.4, 0.5) is 0 Å². The van der Waals surface area contributed by atoms with E-state index in [0.717, 1.165) is 10.6 Å². The summed E-state index contributed by atoms with van der Waals surface area (Å²) in [5, 5.41) is 0.809. The highest BCUT2D eigenvalue weighted by Crippen LogP contribution is 2.57. The van der Waals surface area contributed by atoms with E-state index in [9.17, 15) is 0 Å². The molecule has 26 heavy (non-hydrogen) atoms. The van der Waals surface area contributed by atoms with Crippen LogP contribution in [-0.2, 0) is 5.41 Å². The van der Waals surface area contributed by atoms with Crippen LogP contribution < -0.4 is 0 Å². The first-order chi connectivity index (χ1) is 12.8. The van der Waals surface area contributed by atoms with Crippen molar-refractivity contribution >= 4 is 11.6 Å². The summed E-state index contributed by atoms with van der Waals surface area (Å²) in [5.74, 6) is 0. The monoisotopic (exact) mass is 352 g/mol. The summed E-state index contributed by atoms with van der Waals surface area (Å²) in [7, 11) is 0. The van der Waals surface area contributed by atoms with Gasteiger partial charge in [0, 0.05) is 10.6 Å². The van der Waals surface area contributed by atoms with E-state index in [1.54, 1.807) is 0 Å². The molecule has 0 unspecified atom stereocenters. The van der Waals surface area contributed by atoms with E-state index in [4.69, 9.17) is 11.6 Å². The predicted molar refractivity (Wildman–Crippen MR) is 109 cm³/mol. The zero-order valence-corrected chi connectivity index (χ0v) is 14.9. The van der Waals surface area contributed by atoms with Crippen molar-refractivity contribution in [1.82, 2.24) is 0 Å². The number of halogens is 1. The van der Waals surface area contributed by atoms with Crippen molar-refractivity contribution in [3.8, 4) is 11.1 Å². The quantitative estimate of drug-likeness (QED) is 0.331. The van der Waals surface area contributed by atoms with Crippen LogP contribution in [0.25, 0.3) is 11.1 Å². The van der Waals surface area contributed by atoms with Crippen molar-refractivity contribution in [2.75, 3.05) is 0 Å². The fraction of sp³-hybridized carbons (Fsp3) is 0.0400. The second kappa shape index (κ2) is 5.86. The Balaban J connectivity index is 2.00. The highest BCUT2D eigenvalue weighted by Gasteiger charge is 2.46. The normalized spacial score (nSPS) is 13.9. The van der Waals surface area contributed by atoms with Crippen LogP contribution in [0.2, 0.25) is 5.02 Å². The lowest BCUT2D eigenvalue weighted by molar-refractivity contribution is 0.768. The molecule has 5 rings (SSSR count). The van der Waals surface area contributed by atoms with Gasteiger partial charge in [-0.25, -0.2) is 0 Å². The van der Waals surface area contributed by atoms with Crippen LogP contribution in [0.5, 0.6) is 0 Å². The van der Waals surface area contributed by atoms with Crippen molar-refractivity contribution in [3.05, 3.63) is 130 Å². The lowest BCUT2D eigenvalue weighted by atomic mass is 9.68. The lowest BCUT2D eigenvalue weighted by Gasteiger charge is -2.33. The number of fused-ring (bicyclic) bond motifs is 3. The minimum Gasteiger partial charge on any atom is -0.0837 e. The van der Waals surface area contributed by atoms with Gasteiger partial charge in [0.1, 0.15) is 0 Å². The minimum absolute atomic E-state index is 0.348. The van der Waals surface area contributed by atoms with Gasteiger partial charge in [-0.3, -0.25) is 0 Å². The van der Waals surface area contributed by atoms with Crippen molar-refractivity contribution in [1.29, 1.82) is 0 Å². The molecule has 0 saturated carbocycles. The number of hydrogen-bond acceptors (Lipinski definition) is 0. The third kappa shape index (κ3) is 1.97. The molecule has 0 N–H and O–H groups in total. The minimum atomic E-state index is -0.348. The van der Waals surface area contributed by atoms with Gasteiger partial charge >= 0.3 is 0 Å². The van der Waals surface area contributed by atoms with Crippen molar-refractivity contribution < 1.29 is 0 Å². The molecule has 0 aromatic heterocycles. The van der Waals surface area contributed by atoms with E-state index in [1.165, 1.54) is 27.8 Å². The molecule has 0 fully saturated rings. The van der Waals surface area contributed by atoms with Gasteiger partial charge in [-0.1, -0.05) is 109 Å². The van der Waals surface area contributed by atoms with Crippen LogP contribution in [0.1, 0.15) is 22.3 Å². The Morgan fingerprint density at radius 3 is 1.69 bits per heavy atom. The largest absolute Gasteiger partial charge is 0.0837 e. The molecule has 1 aliphatic rings. The van der Waals surface area contributed by atoms with E-state index in [0.29, 0.717) is 0 Å². The molecule has 0 amide bonds. The number of benzene rings is 4. The van der Waals surface area contributed by atoms with Gasteiger partial charge in [0.2, 0.25) is 0 Å². The summed E-state index contributed by atoms with van der Waals surface area (Å²) < 4.78 is 0. The lowest BCUT2D eigenvalue weighted by Crippen LogP contribution is -2.28. The molecular weight excluding hydrogens is 336 g/mol. The van der Waals surface area contributed by atoms with Crippen LogP contribution in [0.15, 0.2) is 103 Å². The Labute approximate surface area is 158 Å². The molecule has 0 saturated heterocycles. The van der Waals surface area contributed by atoms with E-state index >= 15 is 0 Å². The maximum Gasteiger partial charge on any atom is 0.0714 e. The Bertz CT molecular complexity index is 1040. The van der Waals surface area contributed by atoms with Gasteiger partial charge in [-0.15, -0.1) is 0 Å². The molecule has 1 aliphatic carbocycles. The van der Waals surface area contributed by atoms with Crippen LogP contribution in [-0.4, -0.2) is 0 Å². The molecular formula is C25H17Cl. The molecule has 0 heterocycles. The molecule has 0 nitrogen and oxygen atoms in total. The molecule has 124 valence electrons. The Morgan fingerprint density at radius 2 is 1.04 bits per heavy atom. The van der Waals surface area contributed by atoms with Gasteiger partial charge in [-0.2, -0.15) is 0 Å². The number of rotatable bonds is 2. The van der Waals surface area contributed by atoms with Crippen molar-refractivity contribution in [2.24, 2.45) is 0 Å². The first kappa shape index (κ1) is 15.4. The van der Waals surface area contributed by atoms with Crippen LogP contribution in [0.3, 0.4) is 0 Å². The maximum absolute atomic E-state index is 6.70. The summed E-state index contributed by atoms with van der Waals surface area (Å²) in [5.41, 5.74) is 7.10. The summed E-state index contributed by atoms with van der Waals surface area (Å²) >= 11 is 6.70. The third-order valence-electron chi connectivity index (χ3n) is 5.43. The summed E-state index contributed by atoms with van der Waals surface area (Å²) in [4.78, 5) is 0. The highest BCUT2D eigenvalue weighted by molar-refractivity contribution is 6.34. The first-order valence-corrected chi connectivity index (χ1v) is 9.21. The van der Waals surface area contributed by atoms with Gasteiger partial charge in [0.15, 0.2) is 0 Å². The molecule has 0 spiro atoms. The fourth-order valence-corrected chi connectivity index (χ4v) is 4.72. The van der Waals surface area contributed by atoms with Crippen molar-refractivity contribution in [3.63, 3.8) is 0 Å². The van der Waals surface area contributed by atoms with Gasteiger partial charge in [0.25, 0.3) is 0 Å². The Hall–Kier alpha value is -2.83. The average molecular weight is 353 g/mol.